The number of ether oxygens (including phenoxy) is 2. The van der Waals surface area contributed by atoms with E-state index >= 15 is 0 Å². The third-order valence-electron chi connectivity index (χ3n) is 3.47. The van der Waals surface area contributed by atoms with Gasteiger partial charge in [0, 0.05) is 24.1 Å². The van der Waals surface area contributed by atoms with Crippen LogP contribution >= 0.6 is 15.9 Å². The van der Waals surface area contributed by atoms with Crippen molar-refractivity contribution in [1.82, 2.24) is 15.5 Å². The highest BCUT2D eigenvalue weighted by Crippen LogP contribution is 2.24. The Morgan fingerprint density at radius 1 is 1.39 bits per heavy atom. The first-order valence-electron chi connectivity index (χ1n) is 7.52. The monoisotopic (exact) mass is 387 g/mol. The number of esters is 1. The average Bonchev–Trinajstić information content (AvgIpc) is 2.56. The van der Waals surface area contributed by atoms with Gasteiger partial charge in [-0.25, -0.2) is 4.79 Å². The third kappa shape index (κ3) is 6.87. The highest BCUT2D eigenvalue weighted by molar-refractivity contribution is 9.10. The average molecular weight is 388 g/mol. The Labute approximate surface area is 146 Å². The number of halogens is 1. The van der Waals surface area contributed by atoms with Crippen molar-refractivity contribution in [3.63, 3.8) is 0 Å². The second kappa shape index (κ2) is 10.6. The molecule has 0 aromatic heterocycles. The van der Waals surface area contributed by atoms with Crippen LogP contribution in [0, 0.1) is 0 Å². The van der Waals surface area contributed by atoms with Crippen LogP contribution in [-0.2, 0) is 4.74 Å². The van der Waals surface area contributed by atoms with Gasteiger partial charge in [0.2, 0.25) is 0 Å². The van der Waals surface area contributed by atoms with Crippen LogP contribution < -0.4 is 15.4 Å². The summed E-state index contributed by atoms with van der Waals surface area (Å²) >= 11 is 3.36. The van der Waals surface area contributed by atoms with Gasteiger partial charge < -0.3 is 25.0 Å². The highest BCUT2D eigenvalue weighted by atomic mass is 79.9. The molecule has 0 heterocycles. The van der Waals surface area contributed by atoms with E-state index < -0.39 is 5.97 Å². The lowest BCUT2D eigenvalue weighted by Crippen LogP contribution is -2.43. The molecule has 0 aliphatic heterocycles. The third-order valence-corrected chi connectivity index (χ3v) is 3.96. The molecule has 0 fully saturated rings. The lowest BCUT2D eigenvalue weighted by molar-refractivity contribution is 0.0595. The van der Waals surface area contributed by atoms with Gasteiger partial charge in [-0.15, -0.1) is 0 Å². The van der Waals surface area contributed by atoms with Crippen molar-refractivity contribution in [2.45, 2.75) is 6.04 Å². The van der Waals surface area contributed by atoms with Crippen LogP contribution in [0.4, 0.5) is 0 Å². The van der Waals surface area contributed by atoms with Crippen LogP contribution in [0.25, 0.3) is 0 Å². The second-order valence-corrected chi connectivity index (χ2v) is 6.21. The summed E-state index contributed by atoms with van der Waals surface area (Å²) in [7, 11) is 7.28. The number of likely N-dealkylation sites (N-methyl/N-ethyl adjacent to an activating group) is 3. The maximum atomic E-state index is 11.8. The van der Waals surface area contributed by atoms with E-state index in [2.05, 4.69) is 38.5 Å². The molecule has 0 bridgehead atoms. The molecule has 0 aliphatic carbocycles. The van der Waals surface area contributed by atoms with Crippen LogP contribution in [0.5, 0.6) is 5.75 Å². The zero-order valence-electron chi connectivity index (χ0n) is 14.2. The number of nitrogens with zero attached hydrogens (tertiary/aromatic N) is 1. The van der Waals surface area contributed by atoms with E-state index in [1.165, 1.54) is 7.11 Å². The molecule has 0 radical (unpaired) electrons. The molecule has 1 aromatic rings. The van der Waals surface area contributed by atoms with Gasteiger partial charge in [0.15, 0.2) is 0 Å². The maximum Gasteiger partial charge on any atom is 0.341 e. The molecule has 0 amide bonds. The van der Waals surface area contributed by atoms with E-state index in [1.807, 2.05) is 20.2 Å². The van der Waals surface area contributed by atoms with E-state index in [1.54, 1.807) is 12.1 Å². The Morgan fingerprint density at radius 2 is 2.13 bits per heavy atom. The molecule has 23 heavy (non-hydrogen) atoms. The van der Waals surface area contributed by atoms with E-state index in [9.17, 15) is 4.79 Å². The molecule has 6 nitrogen and oxygen atoms in total. The molecule has 130 valence electrons. The van der Waals surface area contributed by atoms with Gasteiger partial charge in [-0.3, -0.25) is 0 Å². The Balaban J connectivity index is 2.66. The fourth-order valence-electron chi connectivity index (χ4n) is 2.09. The zero-order valence-corrected chi connectivity index (χ0v) is 15.8. The van der Waals surface area contributed by atoms with Crippen LogP contribution in [0.3, 0.4) is 0 Å². The number of hydrogen-bond donors (Lipinski definition) is 2. The van der Waals surface area contributed by atoms with Crippen LogP contribution in [0.1, 0.15) is 10.4 Å². The predicted molar refractivity (Wildman–Crippen MR) is 95.2 cm³/mol. The van der Waals surface area contributed by atoms with Crippen molar-refractivity contribution >= 4 is 21.9 Å². The van der Waals surface area contributed by atoms with Gasteiger partial charge in [-0.1, -0.05) is 15.9 Å². The lowest BCUT2D eigenvalue weighted by atomic mass is 10.2. The highest BCUT2D eigenvalue weighted by Gasteiger charge is 2.16. The Morgan fingerprint density at radius 3 is 2.74 bits per heavy atom. The van der Waals surface area contributed by atoms with Gasteiger partial charge >= 0.3 is 5.97 Å². The fourth-order valence-corrected chi connectivity index (χ4v) is 2.45. The first-order valence-corrected chi connectivity index (χ1v) is 8.32. The standard InChI is InChI=1S/C16H26BrN3O3/c1-18-7-8-20(3)10-13(19-2)11-23-15-6-5-12(17)9-14(15)16(21)22-4/h5-6,9,13,18-19H,7-8,10-11H2,1-4H3. The summed E-state index contributed by atoms with van der Waals surface area (Å²) in [5.41, 5.74) is 0.417. The molecular weight excluding hydrogens is 362 g/mol. The smallest absolute Gasteiger partial charge is 0.341 e. The van der Waals surface area contributed by atoms with Crippen molar-refractivity contribution in [3.05, 3.63) is 28.2 Å². The summed E-state index contributed by atoms with van der Waals surface area (Å²) in [6.45, 7) is 3.21. The summed E-state index contributed by atoms with van der Waals surface area (Å²) in [4.78, 5) is 14.1. The Bertz CT molecular complexity index is 499. The van der Waals surface area contributed by atoms with Gasteiger partial charge in [-0.05, 0) is 39.3 Å². The summed E-state index contributed by atoms with van der Waals surface area (Å²) in [6.07, 6.45) is 0. The van der Waals surface area contributed by atoms with Crippen LogP contribution in [0.15, 0.2) is 22.7 Å². The number of benzene rings is 1. The fraction of sp³-hybridized carbons (Fsp3) is 0.562. The first kappa shape index (κ1) is 19.9. The van der Waals surface area contributed by atoms with E-state index in [-0.39, 0.29) is 6.04 Å². The van der Waals surface area contributed by atoms with Gasteiger partial charge in [0.25, 0.3) is 0 Å². The Hall–Kier alpha value is -1.15. The minimum atomic E-state index is -0.409. The molecule has 7 heteroatoms. The normalized spacial score (nSPS) is 12.3. The molecule has 1 atom stereocenters. The molecule has 0 spiro atoms. The number of rotatable bonds is 10. The Kier molecular flexibility index (Phi) is 9.16. The molecule has 0 saturated carbocycles. The number of nitrogens with one attached hydrogen (secondary N) is 2. The van der Waals surface area contributed by atoms with Crippen molar-refractivity contribution in [3.8, 4) is 5.75 Å². The van der Waals surface area contributed by atoms with E-state index in [0.29, 0.717) is 17.9 Å². The molecule has 2 N–H and O–H groups in total. The topological polar surface area (TPSA) is 62.8 Å². The maximum absolute atomic E-state index is 11.8. The molecule has 1 rings (SSSR count). The molecule has 0 saturated heterocycles. The molecule has 0 aliphatic rings. The second-order valence-electron chi connectivity index (χ2n) is 5.29. The summed E-state index contributed by atoms with van der Waals surface area (Å²) in [5.74, 6) is 0.117. The van der Waals surface area contributed by atoms with Gasteiger partial charge in [-0.2, -0.15) is 0 Å². The SMILES string of the molecule is CNCCN(C)CC(COc1ccc(Br)cc1C(=O)OC)NC. The van der Waals surface area contributed by atoms with Crippen LogP contribution in [-0.4, -0.2) is 71.4 Å². The van der Waals surface area contributed by atoms with Crippen LogP contribution in [0.2, 0.25) is 0 Å². The largest absolute Gasteiger partial charge is 0.491 e. The van der Waals surface area contributed by atoms with Crippen molar-refractivity contribution in [1.29, 1.82) is 0 Å². The van der Waals surface area contributed by atoms with Gasteiger partial charge in [0.05, 0.1) is 13.2 Å². The van der Waals surface area contributed by atoms with E-state index in [0.717, 1.165) is 24.1 Å². The molecule has 1 unspecified atom stereocenters. The number of hydrogen-bond acceptors (Lipinski definition) is 6. The minimum absolute atomic E-state index is 0.158. The number of carbonyl (C=O) groups is 1. The zero-order chi connectivity index (χ0) is 17.2. The molecular formula is C16H26BrN3O3. The summed E-state index contributed by atoms with van der Waals surface area (Å²) in [6, 6.07) is 5.48. The van der Waals surface area contributed by atoms with Crippen molar-refractivity contribution < 1.29 is 14.3 Å². The van der Waals surface area contributed by atoms with Crippen molar-refractivity contribution in [2.24, 2.45) is 0 Å². The number of carbonyl (C=O) groups excluding carboxylic acids is 1. The number of methoxy groups -OCH3 is 1. The van der Waals surface area contributed by atoms with Crippen molar-refractivity contribution in [2.75, 3.05) is 54.5 Å². The quantitative estimate of drug-likeness (QED) is 0.591. The summed E-state index contributed by atoms with van der Waals surface area (Å²) in [5, 5.41) is 6.37. The van der Waals surface area contributed by atoms with E-state index in [4.69, 9.17) is 9.47 Å². The first-order chi connectivity index (χ1) is 11.0. The lowest BCUT2D eigenvalue weighted by Gasteiger charge is -2.24. The minimum Gasteiger partial charge on any atom is -0.491 e. The van der Waals surface area contributed by atoms with Gasteiger partial charge in [0.1, 0.15) is 17.9 Å². The predicted octanol–water partition coefficient (Wildman–Crippen LogP) is 1.35. The molecule has 1 aromatic carbocycles. The summed E-state index contributed by atoms with van der Waals surface area (Å²) < 4.78 is 11.5.